The normalized spacial score (nSPS) is 12.9. The maximum Gasteiger partial charge on any atom is 0.192 e. The molecule has 0 saturated heterocycles. The molecule has 0 unspecified atom stereocenters. The van der Waals surface area contributed by atoms with Crippen LogP contribution in [0.1, 0.15) is 37.7 Å². The summed E-state index contributed by atoms with van der Waals surface area (Å²) in [6.45, 7) is 16.0. The predicted molar refractivity (Wildman–Crippen MR) is 91.0 cm³/mol. The molecule has 0 N–H and O–H groups in total. The highest BCUT2D eigenvalue weighted by atomic mass is 28.4. The second-order valence-electron chi connectivity index (χ2n) is 7.30. The Labute approximate surface area is 128 Å². The van der Waals surface area contributed by atoms with Crippen molar-refractivity contribution in [3.63, 3.8) is 0 Å². The number of hydrogen-bond acceptors (Lipinski definition) is 3. The van der Waals surface area contributed by atoms with Crippen LogP contribution in [-0.2, 0) is 11.0 Å². The van der Waals surface area contributed by atoms with Crippen LogP contribution in [0.4, 0.5) is 0 Å². The molecule has 2 rings (SSSR count). The lowest BCUT2D eigenvalue weighted by Crippen LogP contribution is -2.40. The molecule has 2 heterocycles. The number of rotatable bonds is 3. The maximum absolute atomic E-state index is 6.24. The van der Waals surface area contributed by atoms with Crippen LogP contribution >= 0.6 is 0 Å². The molecule has 0 aliphatic heterocycles. The largest absolute Gasteiger partial charge is 0.411 e. The molecule has 2 aromatic heterocycles. The average Bonchev–Trinajstić information content (AvgIpc) is 2.34. The lowest BCUT2D eigenvalue weighted by atomic mass is 10.1. The fraction of sp³-hybridized carbons (Fsp3) is 0.529. The summed E-state index contributed by atoms with van der Waals surface area (Å²) in [6.07, 6.45) is 0. The quantitative estimate of drug-likeness (QED) is 0.766. The van der Waals surface area contributed by atoms with E-state index in [0.717, 1.165) is 22.4 Å². The van der Waals surface area contributed by atoms with Gasteiger partial charge < -0.3 is 4.43 Å². The third kappa shape index (κ3) is 3.50. The summed E-state index contributed by atoms with van der Waals surface area (Å²) in [4.78, 5) is 9.20. The third-order valence-electron chi connectivity index (χ3n) is 4.45. The Hall–Kier alpha value is -1.26. The van der Waals surface area contributed by atoms with Gasteiger partial charge in [0.2, 0.25) is 0 Å². The van der Waals surface area contributed by atoms with Gasteiger partial charge in [-0.25, -0.2) is 9.97 Å². The Morgan fingerprint density at radius 1 is 1.10 bits per heavy atom. The van der Waals surface area contributed by atoms with Gasteiger partial charge in [-0.15, -0.1) is 0 Å². The second-order valence-corrected chi connectivity index (χ2v) is 12.1. The van der Waals surface area contributed by atoms with Gasteiger partial charge in [0.15, 0.2) is 14.0 Å². The highest BCUT2D eigenvalue weighted by molar-refractivity contribution is 6.74. The van der Waals surface area contributed by atoms with Gasteiger partial charge in [0.1, 0.15) is 0 Å². The predicted octanol–water partition coefficient (Wildman–Crippen LogP) is 4.77. The highest BCUT2D eigenvalue weighted by Crippen LogP contribution is 2.37. The van der Waals surface area contributed by atoms with Crippen molar-refractivity contribution >= 4 is 19.4 Å². The summed E-state index contributed by atoms with van der Waals surface area (Å²) >= 11 is 0. The van der Waals surface area contributed by atoms with Gasteiger partial charge in [0, 0.05) is 11.1 Å². The fourth-order valence-electron chi connectivity index (χ4n) is 2.02. The van der Waals surface area contributed by atoms with Crippen LogP contribution in [0.15, 0.2) is 18.2 Å². The fourth-order valence-corrected chi connectivity index (χ4v) is 2.96. The maximum atomic E-state index is 6.24. The highest BCUT2D eigenvalue weighted by Gasteiger charge is 2.37. The Kier molecular flexibility index (Phi) is 4.22. The van der Waals surface area contributed by atoms with Crippen molar-refractivity contribution in [2.45, 2.75) is 59.4 Å². The van der Waals surface area contributed by atoms with Gasteiger partial charge in [-0.2, -0.15) is 0 Å². The lowest BCUT2D eigenvalue weighted by molar-refractivity contribution is 0.272. The molecule has 2 aromatic rings. The molecule has 21 heavy (non-hydrogen) atoms. The summed E-state index contributed by atoms with van der Waals surface area (Å²) in [6, 6.07) is 6.25. The minimum Gasteiger partial charge on any atom is -0.411 e. The Morgan fingerprint density at radius 3 is 2.38 bits per heavy atom. The first kappa shape index (κ1) is 16.1. The molecule has 3 nitrogen and oxygen atoms in total. The van der Waals surface area contributed by atoms with Crippen LogP contribution in [0.5, 0.6) is 0 Å². The van der Waals surface area contributed by atoms with Crippen LogP contribution in [-0.4, -0.2) is 18.3 Å². The Morgan fingerprint density at radius 2 is 1.76 bits per heavy atom. The number of fused-ring (bicyclic) bond motifs is 1. The standard InChI is InChI=1S/C17H26N2OSi/c1-12-10-13(2)18-16-15(12)9-8-14(19-16)11-20-21(6,7)17(3,4)5/h8-10H,11H2,1-7H3. The summed E-state index contributed by atoms with van der Waals surface area (Å²) < 4.78 is 6.24. The summed E-state index contributed by atoms with van der Waals surface area (Å²) in [5.41, 5.74) is 4.02. The molecule has 0 aliphatic carbocycles. The summed E-state index contributed by atoms with van der Waals surface area (Å²) in [5.74, 6) is 0. The van der Waals surface area contributed by atoms with E-state index in [4.69, 9.17) is 4.43 Å². The minimum absolute atomic E-state index is 0.218. The molecule has 0 atom stereocenters. The van der Waals surface area contributed by atoms with Gasteiger partial charge in [-0.05, 0) is 55.7 Å². The zero-order valence-corrected chi connectivity index (χ0v) is 15.2. The SMILES string of the molecule is Cc1cc(C)c2ccc(CO[Si](C)(C)C(C)(C)C)nc2n1. The number of aryl methyl sites for hydroxylation is 2. The number of aromatic nitrogens is 2. The van der Waals surface area contributed by atoms with Crippen molar-refractivity contribution in [2.75, 3.05) is 0 Å². The topological polar surface area (TPSA) is 35.0 Å². The second kappa shape index (κ2) is 5.50. The van der Waals surface area contributed by atoms with E-state index in [-0.39, 0.29) is 5.04 Å². The molecule has 0 bridgehead atoms. The van der Waals surface area contributed by atoms with Crippen molar-refractivity contribution in [3.8, 4) is 0 Å². The molecular formula is C17H26N2OSi. The Balaban J connectivity index is 2.25. The van der Waals surface area contributed by atoms with Gasteiger partial charge in [0.25, 0.3) is 0 Å². The van der Waals surface area contributed by atoms with Crippen molar-refractivity contribution in [3.05, 3.63) is 35.2 Å². The number of nitrogens with zero attached hydrogens (tertiary/aromatic N) is 2. The van der Waals surface area contributed by atoms with Crippen molar-refractivity contribution in [2.24, 2.45) is 0 Å². The minimum atomic E-state index is -1.74. The Bertz CT molecular complexity index is 660. The zero-order valence-electron chi connectivity index (χ0n) is 14.2. The van der Waals surface area contributed by atoms with Crippen LogP contribution in [0.25, 0.3) is 11.0 Å². The molecule has 0 fully saturated rings. The van der Waals surface area contributed by atoms with Gasteiger partial charge in [-0.3, -0.25) is 0 Å². The van der Waals surface area contributed by atoms with Gasteiger partial charge in [-0.1, -0.05) is 20.8 Å². The molecule has 0 aromatic carbocycles. The van der Waals surface area contributed by atoms with Crippen LogP contribution in [0.2, 0.25) is 18.1 Å². The smallest absolute Gasteiger partial charge is 0.192 e. The molecule has 114 valence electrons. The van der Waals surface area contributed by atoms with Crippen molar-refractivity contribution < 1.29 is 4.43 Å². The number of hydrogen-bond donors (Lipinski definition) is 0. The van der Waals surface area contributed by atoms with E-state index in [1.54, 1.807) is 0 Å². The molecule has 0 amide bonds. The summed E-state index contributed by atoms with van der Waals surface area (Å²) in [5, 5.41) is 1.34. The van der Waals surface area contributed by atoms with E-state index >= 15 is 0 Å². The average molecular weight is 302 g/mol. The summed E-state index contributed by atoms with van der Waals surface area (Å²) in [7, 11) is -1.74. The van der Waals surface area contributed by atoms with Gasteiger partial charge >= 0.3 is 0 Å². The van der Waals surface area contributed by atoms with Crippen molar-refractivity contribution in [1.82, 2.24) is 9.97 Å². The first-order valence-corrected chi connectivity index (χ1v) is 10.4. The van der Waals surface area contributed by atoms with E-state index in [1.165, 1.54) is 5.56 Å². The van der Waals surface area contributed by atoms with E-state index < -0.39 is 8.32 Å². The lowest BCUT2D eigenvalue weighted by Gasteiger charge is -2.36. The van der Waals surface area contributed by atoms with Crippen LogP contribution < -0.4 is 0 Å². The van der Waals surface area contributed by atoms with Crippen molar-refractivity contribution in [1.29, 1.82) is 0 Å². The van der Waals surface area contributed by atoms with E-state index in [1.807, 2.05) is 6.92 Å². The third-order valence-corrected chi connectivity index (χ3v) is 8.93. The van der Waals surface area contributed by atoms with E-state index in [9.17, 15) is 0 Å². The van der Waals surface area contributed by atoms with Crippen LogP contribution in [0, 0.1) is 13.8 Å². The molecule has 0 radical (unpaired) electrons. The first-order valence-electron chi connectivity index (χ1n) is 7.48. The molecule has 0 saturated carbocycles. The monoisotopic (exact) mass is 302 g/mol. The van der Waals surface area contributed by atoms with Crippen LogP contribution in [0.3, 0.4) is 0 Å². The van der Waals surface area contributed by atoms with Gasteiger partial charge in [0.05, 0.1) is 12.3 Å². The molecule has 0 aliphatic rings. The molecule has 4 heteroatoms. The first-order chi connectivity index (χ1) is 9.60. The molecular weight excluding hydrogens is 276 g/mol. The zero-order chi connectivity index (χ0) is 15.8. The number of pyridine rings is 2. The molecule has 0 spiro atoms. The van der Waals surface area contributed by atoms with E-state index in [0.29, 0.717) is 6.61 Å². The van der Waals surface area contributed by atoms with E-state index in [2.05, 4.69) is 69.0 Å².